The Morgan fingerprint density at radius 2 is 1.73 bits per heavy atom. The third kappa shape index (κ3) is 2.40. The number of rotatable bonds is 1. The van der Waals surface area contributed by atoms with Crippen LogP contribution in [-0.2, 0) is 9.47 Å². The molecule has 6 nitrogen and oxygen atoms in total. The second kappa shape index (κ2) is 6.45. The van der Waals surface area contributed by atoms with Crippen LogP contribution in [0.3, 0.4) is 0 Å². The molecule has 1 saturated carbocycles. The molecule has 5 unspecified atom stereocenters. The third-order valence-electron chi connectivity index (χ3n) is 7.31. The molecule has 2 bridgehead atoms. The van der Waals surface area contributed by atoms with Crippen LogP contribution in [0.25, 0.3) is 0 Å². The van der Waals surface area contributed by atoms with Crippen molar-refractivity contribution >= 4 is 17.5 Å². The average molecular weight is 423 g/mol. The highest BCUT2D eigenvalue weighted by molar-refractivity contribution is 6.30. The fourth-order valence-corrected chi connectivity index (χ4v) is 5.69. The van der Waals surface area contributed by atoms with Gasteiger partial charge in [0.05, 0.1) is 24.1 Å². The molecule has 4 rings (SSSR count). The van der Waals surface area contributed by atoms with Crippen molar-refractivity contribution in [2.75, 3.05) is 0 Å². The summed E-state index contributed by atoms with van der Waals surface area (Å²) in [6.45, 7) is 6.43. The molecule has 0 radical (unpaired) electrons. The molecule has 0 amide bonds. The van der Waals surface area contributed by atoms with Gasteiger partial charge in [-0.15, -0.1) is 0 Å². The Bertz CT molecular complexity index is 1010. The highest BCUT2D eigenvalue weighted by Gasteiger charge is 2.81. The minimum absolute atomic E-state index is 0.0190. The van der Waals surface area contributed by atoms with Crippen LogP contribution in [0.15, 0.2) is 24.3 Å². The van der Waals surface area contributed by atoms with Gasteiger partial charge in [0.15, 0.2) is 5.41 Å². The van der Waals surface area contributed by atoms with Gasteiger partial charge in [-0.1, -0.05) is 44.5 Å². The Labute approximate surface area is 181 Å². The highest BCUT2D eigenvalue weighted by Crippen LogP contribution is 2.70. The molecule has 5 atom stereocenters. The van der Waals surface area contributed by atoms with Crippen LogP contribution in [-0.4, -0.2) is 11.7 Å². The quantitative estimate of drug-likeness (QED) is 0.674. The SMILES string of the molecule is CC(C)(C)C1CCC23OC(=N)C(C#N)(C2C1)C(C#N)(C#N)C(c1ccc(Cl)cc1)O3. The molecule has 7 heteroatoms. The monoisotopic (exact) mass is 422 g/mol. The van der Waals surface area contributed by atoms with Crippen molar-refractivity contribution in [3.8, 4) is 18.2 Å². The summed E-state index contributed by atoms with van der Waals surface area (Å²) in [5, 5.41) is 40.2. The molecular formula is C23H23ClN4O2. The van der Waals surface area contributed by atoms with Gasteiger partial charge in [0.1, 0.15) is 6.10 Å². The van der Waals surface area contributed by atoms with Crippen LogP contribution >= 0.6 is 11.6 Å². The molecule has 3 aliphatic rings. The van der Waals surface area contributed by atoms with E-state index in [9.17, 15) is 15.8 Å². The van der Waals surface area contributed by atoms with Crippen molar-refractivity contribution in [1.29, 1.82) is 21.2 Å². The summed E-state index contributed by atoms with van der Waals surface area (Å²) in [6.07, 6.45) is 0.837. The van der Waals surface area contributed by atoms with Gasteiger partial charge in [-0.05, 0) is 41.9 Å². The van der Waals surface area contributed by atoms with Gasteiger partial charge in [-0.25, -0.2) is 0 Å². The molecular weight excluding hydrogens is 400 g/mol. The molecule has 2 heterocycles. The van der Waals surface area contributed by atoms with Crippen LogP contribution in [0.4, 0.5) is 0 Å². The van der Waals surface area contributed by atoms with Crippen molar-refractivity contribution in [3.05, 3.63) is 34.9 Å². The van der Waals surface area contributed by atoms with Crippen molar-refractivity contribution in [2.24, 2.45) is 28.1 Å². The van der Waals surface area contributed by atoms with Crippen LogP contribution in [0, 0.1) is 67.5 Å². The first-order valence-corrected chi connectivity index (χ1v) is 10.4. The van der Waals surface area contributed by atoms with E-state index < -0.39 is 28.6 Å². The lowest BCUT2D eigenvalue weighted by Crippen LogP contribution is -2.61. The molecule has 3 fully saturated rings. The number of nitrogens with zero attached hydrogens (tertiary/aromatic N) is 3. The van der Waals surface area contributed by atoms with Gasteiger partial charge >= 0.3 is 0 Å². The summed E-state index contributed by atoms with van der Waals surface area (Å²) >= 11 is 6.02. The summed E-state index contributed by atoms with van der Waals surface area (Å²) in [6, 6.07) is 13.1. The maximum absolute atomic E-state index is 10.4. The molecule has 154 valence electrons. The van der Waals surface area contributed by atoms with Crippen molar-refractivity contribution in [2.45, 2.75) is 51.9 Å². The standard InChI is InChI=1S/C23H23ClN4O2/c1-20(2,3)15-8-9-23-17(10-15)22(13-27,19(28)30-23)21(11-25,12-26)18(29-23)14-4-6-16(24)7-5-14/h4-7,15,17-18,28H,8-10H2,1-3H3. The lowest BCUT2D eigenvalue weighted by atomic mass is 9.49. The second-order valence-electron chi connectivity index (χ2n) is 9.63. The number of ether oxygens (including phenoxy) is 2. The Morgan fingerprint density at radius 3 is 2.27 bits per heavy atom. The zero-order chi connectivity index (χ0) is 21.9. The summed E-state index contributed by atoms with van der Waals surface area (Å²) in [5.41, 5.74) is -3.08. The number of nitrogens with one attached hydrogen (secondary N) is 1. The number of benzene rings is 1. The number of hydrogen-bond acceptors (Lipinski definition) is 6. The summed E-state index contributed by atoms with van der Waals surface area (Å²) in [7, 11) is 0. The van der Waals surface area contributed by atoms with Gasteiger partial charge in [-0.2, -0.15) is 15.8 Å². The zero-order valence-corrected chi connectivity index (χ0v) is 18.0. The van der Waals surface area contributed by atoms with E-state index in [0.717, 1.165) is 6.42 Å². The lowest BCUT2D eigenvalue weighted by Gasteiger charge is -2.54. The van der Waals surface area contributed by atoms with E-state index in [4.69, 9.17) is 26.5 Å². The summed E-state index contributed by atoms with van der Waals surface area (Å²) in [4.78, 5) is 0. The van der Waals surface area contributed by atoms with E-state index in [1.807, 2.05) is 0 Å². The van der Waals surface area contributed by atoms with Crippen LogP contribution < -0.4 is 0 Å². The minimum Gasteiger partial charge on any atom is -0.447 e. The Morgan fingerprint density at radius 1 is 1.10 bits per heavy atom. The van der Waals surface area contributed by atoms with E-state index in [2.05, 4.69) is 39.0 Å². The van der Waals surface area contributed by atoms with Crippen molar-refractivity contribution < 1.29 is 9.47 Å². The van der Waals surface area contributed by atoms with E-state index >= 15 is 0 Å². The Balaban J connectivity index is 1.94. The first kappa shape index (κ1) is 20.7. The summed E-state index contributed by atoms with van der Waals surface area (Å²) in [5.74, 6) is -1.83. The molecule has 30 heavy (non-hydrogen) atoms. The average Bonchev–Trinajstić information content (AvgIpc) is 2.92. The van der Waals surface area contributed by atoms with Crippen LogP contribution in [0.5, 0.6) is 0 Å². The smallest absolute Gasteiger partial charge is 0.217 e. The van der Waals surface area contributed by atoms with E-state index in [0.29, 0.717) is 23.4 Å². The molecule has 1 aliphatic carbocycles. The molecule has 0 aromatic heterocycles. The number of nitriles is 3. The first-order valence-electron chi connectivity index (χ1n) is 10.1. The Kier molecular flexibility index (Phi) is 4.45. The van der Waals surface area contributed by atoms with Crippen LogP contribution in [0.2, 0.25) is 5.02 Å². The van der Waals surface area contributed by atoms with E-state index in [1.54, 1.807) is 24.3 Å². The predicted octanol–water partition coefficient (Wildman–Crippen LogP) is 5.12. The fourth-order valence-electron chi connectivity index (χ4n) is 5.56. The molecule has 1 aromatic carbocycles. The zero-order valence-electron chi connectivity index (χ0n) is 17.2. The minimum atomic E-state index is -1.92. The van der Waals surface area contributed by atoms with E-state index in [1.165, 1.54) is 0 Å². The van der Waals surface area contributed by atoms with Gasteiger partial charge in [0.2, 0.25) is 17.1 Å². The summed E-state index contributed by atoms with van der Waals surface area (Å²) < 4.78 is 12.4. The predicted molar refractivity (Wildman–Crippen MR) is 109 cm³/mol. The maximum Gasteiger partial charge on any atom is 0.217 e. The Hall–Kier alpha value is -2.59. The highest BCUT2D eigenvalue weighted by atomic mass is 35.5. The molecule has 2 aliphatic heterocycles. The molecule has 0 spiro atoms. The van der Waals surface area contributed by atoms with E-state index in [-0.39, 0.29) is 17.2 Å². The molecule has 2 saturated heterocycles. The second-order valence-corrected chi connectivity index (χ2v) is 10.1. The van der Waals surface area contributed by atoms with Gasteiger partial charge in [-0.3, -0.25) is 5.41 Å². The largest absolute Gasteiger partial charge is 0.447 e. The normalized spacial score (nSPS) is 36.6. The van der Waals surface area contributed by atoms with Crippen molar-refractivity contribution in [1.82, 2.24) is 0 Å². The number of halogens is 1. The third-order valence-corrected chi connectivity index (χ3v) is 7.56. The van der Waals surface area contributed by atoms with Crippen molar-refractivity contribution in [3.63, 3.8) is 0 Å². The molecule has 1 aromatic rings. The first-order chi connectivity index (χ1) is 14.1. The number of hydrogen-bond donors (Lipinski definition) is 1. The topological polar surface area (TPSA) is 114 Å². The molecule has 1 N–H and O–H groups in total. The lowest BCUT2D eigenvalue weighted by molar-refractivity contribution is -0.301. The van der Waals surface area contributed by atoms with Gasteiger partial charge in [0, 0.05) is 11.4 Å². The maximum atomic E-state index is 10.4. The van der Waals surface area contributed by atoms with Gasteiger partial charge in [0.25, 0.3) is 0 Å². The fraction of sp³-hybridized carbons (Fsp3) is 0.565. The van der Waals surface area contributed by atoms with Gasteiger partial charge < -0.3 is 9.47 Å². The van der Waals surface area contributed by atoms with Crippen LogP contribution in [0.1, 0.15) is 51.7 Å².